The zero-order chi connectivity index (χ0) is 20.3. The van der Waals surface area contributed by atoms with Gasteiger partial charge in [-0.25, -0.2) is 0 Å². The molecule has 2 aromatic rings. The van der Waals surface area contributed by atoms with Crippen LogP contribution in [0.25, 0.3) is 0 Å². The van der Waals surface area contributed by atoms with Crippen molar-refractivity contribution < 1.29 is 23.8 Å². The number of ether oxygens (including phenoxy) is 3. The Labute approximate surface area is 163 Å². The number of anilines is 2. The van der Waals surface area contributed by atoms with Crippen molar-refractivity contribution in [1.29, 1.82) is 0 Å². The Morgan fingerprint density at radius 2 is 1.89 bits per heavy atom. The summed E-state index contributed by atoms with van der Waals surface area (Å²) in [7, 11) is 2.98. The van der Waals surface area contributed by atoms with E-state index in [4.69, 9.17) is 14.2 Å². The lowest BCUT2D eigenvalue weighted by molar-refractivity contribution is -0.121. The van der Waals surface area contributed by atoms with E-state index in [9.17, 15) is 9.59 Å². The van der Waals surface area contributed by atoms with Crippen LogP contribution in [-0.4, -0.2) is 39.2 Å². The highest BCUT2D eigenvalue weighted by Crippen LogP contribution is 2.36. The number of hydrogen-bond acceptors (Lipinski definition) is 5. The van der Waals surface area contributed by atoms with Crippen LogP contribution >= 0.6 is 0 Å². The largest absolute Gasteiger partial charge is 0.496 e. The number of nitrogens with zero attached hydrogens (tertiary/aromatic N) is 1. The minimum Gasteiger partial charge on any atom is -0.496 e. The maximum atomic E-state index is 12.9. The van der Waals surface area contributed by atoms with Gasteiger partial charge in [0.05, 0.1) is 19.9 Å². The van der Waals surface area contributed by atoms with Crippen molar-refractivity contribution in [3.05, 3.63) is 54.1 Å². The van der Waals surface area contributed by atoms with E-state index in [2.05, 4.69) is 11.9 Å². The van der Waals surface area contributed by atoms with Gasteiger partial charge < -0.3 is 24.4 Å². The lowest BCUT2D eigenvalue weighted by Gasteiger charge is -2.30. The first-order valence-electron chi connectivity index (χ1n) is 8.68. The first-order valence-corrected chi connectivity index (χ1v) is 8.68. The number of rotatable bonds is 6. The maximum absolute atomic E-state index is 12.9. The van der Waals surface area contributed by atoms with Gasteiger partial charge in [0.1, 0.15) is 22.8 Å². The molecule has 0 bridgehead atoms. The second-order valence-corrected chi connectivity index (χ2v) is 6.40. The Morgan fingerprint density at radius 1 is 1.21 bits per heavy atom. The van der Waals surface area contributed by atoms with Crippen molar-refractivity contribution >= 4 is 23.2 Å². The molecule has 1 heterocycles. The van der Waals surface area contributed by atoms with Gasteiger partial charge in [-0.2, -0.15) is 0 Å². The van der Waals surface area contributed by atoms with Crippen molar-refractivity contribution in [1.82, 2.24) is 0 Å². The third-order valence-corrected chi connectivity index (χ3v) is 4.24. The molecule has 1 aliphatic heterocycles. The molecule has 0 unspecified atom stereocenters. The first-order chi connectivity index (χ1) is 13.4. The third-order valence-electron chi connectivity index (χ3n) is 4.24. The molecule has 0 spiro atoms. The summed E-state index contributed by atoms with van der Waals surface area (Å²) in [5.41, 5.74) is 2.23. The van der Waals surface area contributed by atoms with Crippen LogP contribution in [-0.2, 0) is 4.79 Å². The van der Waals surface area contributed by atoms with Crippen molar-refractivity contribution in [2.45, 2.75) is 6.92 Å². The standard InChI is InChI=1S/C21H22N2O5/c1-13(2)11-23-15-10-14(8-9-16(15)28-12-19(23)24)22-21(25)20-17(26-3)6-5-7-18(20)27-4/h5-10H,1,11-12H2,2-4H3,(H,22,25). The fourth-order valence-corrected chi connectivity index (χ4v) is 2.99. The van der Waals surface area contributed by atoms with Crippen molar-refractivity contribution in [2.75, 3.05) is 37.6 Å². The minimum atomic E-state index is -0.385. The van der Waals surface area contributed by atoms with Gasteiger partial charge in [-0.1, -0.05) is 18.2 Å². The van der Waals surface area contributed by atoms with Crippen molar-refractivity contribution in [2.24, 2.45) is 0 Å². The zero-order valence-electron chi connectivity index (χ0n) is 16.1. The van der Waals surface area contributed by atoms with E-state index >= 15 is 0 Å². The Morgan fingerprint density at radius 3 is 2.50 bits per heavy atom. The molecule has 146 valence electrons. The van der Waals surface area contributed by atoms with E-state index in [-0.39, 0.29) is 24.0 Å². The van der Waals surface area contributed by atoms with Gasteiger partial charge in [-0.05, 0) is 37.3 Å². The fraction of sp³-hybridized carbons (Fsp3) is 0.238. The molecule has 7 heteroatoms. The highest BCUT2D eigenvalue weighted by Gasteiger charge is 2.26. The molecule has 0 aromatic heterocycles. The van der Waals surface area contributed by atoms with E-state index in [1.807, 2.05) is 6.92 Å². The van der Waals surface area contributed by atoms with Crippen molar-refractivity contribution in [3.63, 3.8) is 0 Å². The first kappa shape index (κ1) is 19.3. The van der Waals surface area contributed by atoms with E-state index < -0.39 is 0 Å². The molecule has 1 aliphatic rings. The van der Waals surface area contributed by atoms with Gasteiger partial charge in [0, 0.05) is 12.2 Å². The molecule has 0 atom stereocenters. The molecule has 1 N–H and O–H groups in total. The molecule has 2 aromatic carbocycles. The van der Waals surface area contributed by atoms with Gasteiger partial charge in [-0.15, -0.1) is 0 Å². The van der Waals surface area contributed by atoms with Gasteiger partial charge in [-0.3, -0.25) is 9.59 Å². The quantitative estimate of drug-likeness (QED) is 0.776. The molecule has 0 radical (unpaired) electrons. The Kier molecular flexibility index (Phi) is 5.54. The highest BCUT2D eigenvalue weighted by molar-refractivity contribution is 6.09. The normalized spacial score (nSPS) is 12.7. The summed E-state index contributed by atoms with van der Waals surface area (Å²) in [4.78, 5) is 26.7. The number of hydrogen-bond donors (Lipinski definition) is 1. The predicted molar refractivity (Wildman–Crippen MR) is 107 cm³/mol. The van der Waals surface area contributed by atoms with Crippen LogP contribution in [0.5, 0.6) is 17.2 Å². The molecule has 0 saturated heterocycles. The number of fused-ring (bicyclic) bond motifs is 1. The van der Waals surface area contributed by atoms with Gasteiger partial charge in [0.15, 0.2) is 6.61 Å². The molecule has 28 heavy (non-hydrogen) atoms. The summed E-state index contributed by atoms with van der Waals surface area (Å²) >= 11 is 0. The van der Waals surface area contributed by atoms with Crippen LogP contribution in [0.15, 0.2) is 48.6 Å². The lowest BCUT2D eigenvalue weighted by atomic mass is 10.1. The molecular formula is C21H22N2O5. The molecular weight excluding hydrogens is 360 g/mol. The van der Waals surface area contributed by atoms with Crippen LogP contribution in [0.4, 0.5) is 11.4 Å². The van der Waals surface area contributed by atoms with E-state index in [0.29, 0.717) is 35.2 Å². The van der Waals surface area contributed by atoms with Crippen LogP contribution in [0.3, 0.4) is 0 Å². The van der Waals surface area contributed by atoms with Crippen LogP contribution in [0.1, 0.15) is 17.3 Å². The monoisotopic (exact) mass is 382 g/mol. The molecule has 7 nitrogen and oxygen atoms in total. The molecule has 0 fully saturated rings. The van der Waals surface area contributed by atoms with Crippen LogP contribution < -0.4 is 24.4 Å². The summed E-state index contributed by atoms with van der Waals surface area (Å²) < 4.78 is 16.1. The Hall–Kier alpha value is -3.48. The number of methoxy groups -OCH3 is 2. The van der Waals surface area contributed by atoms with E-state index in [0.717, 1.165) is 5.57 Å². The number of benzene rings is 2. The predicted octanol–water partition coefficient (Wildman–Crippen LogP) is 3.26. The Balaban J connectivity index is 1.93. The second-order valence-electron chi connectivity index (χ2n) is 6.40. The molecule has 0 aliphatic carbocycles. The smallest absolute Gasteiger partial charge is 0.265 e. The number of carbonyl (C=O) groups is 2. The highest BCUT2D eigenvalue weighted by atomic mass is 16.5. The Bertz CT molecular complexity index is 916. The fourth-order valence-electron chi connectivity index (χ4n) is 2.99. The SMILES string of the molecule is C=C(C)CN1C(=O)COc2ccc(NC(=O)c3c(OC)cccc3OC)cc21. The van der Waals surface area contributed by atoms with E-state index in [1.165, 1.54) is 14.2 Å². The maximum Gasteiger partial charge on any atom is 0.265 e. The lowest BCUT2D eigenvalue weighted by Crippen LogP contribution is -2.39. The second kappa shape index (κ2) is 8.04. The zero-order valence-corrected chi connectivity index (χ0v) is 16.1. The molecule has 2 amide bonds. The van der Waals surface area contributed by atoms with Crippen LogP contribution in [0, 0.1) is 0 Å². The number of nitrogens with one attached hydrogen (secondary N) is 1. The third kappa shape index (κ3) is 3.78. The van der Waals surface area contributed by atoms with Crippen molar-refractivity contribution in [3.8, 4) is 17.2 Å². The summed E-state index contributed by atoms with van der Waals surface area (Å²) in [6.45, 7) is 6.08. The van der Waals surface area contributed by atoms with E-state index in [1.54, 1.807) is 41.3 Å². The summed E-state index contributed by atoms with van der Waals surface area (Å²) in [6.07, 6.45) is 0. The minimum absolute atomic E-state index is 0.0234. The number of amides is 2. The van der Waals surface area contributed by atoms with Crippen LogP contribution in [0.2, 0.25) is 0 Å². The topological polar surface area (TPSA) is 77.1 Å². The van der Waals surface area contributed by atoms with Gasteiger partial charge in [0.25, 0.3) is 11.8 Å². The summed E-state index contributed by atoms with van der Waals surface area (Å²) in [5.74, 6) is 0.831. The van der Waals surface area contributed by atoms with Gasteiger partial charge in [0.2, 0.25) is 0 Å². The molecule has 3 rings (SSSR count). The average Bonchev–Trinajstić information content (AvgIpc) is 2.69. The van der Waals surface area contributed by atoms with Gasteiger partial charge >= 0.3 is 0 Å². The average molecular weight is 382 g/mol. The molecule has 0 saturated carbocycles. The summed E-state index contributed by atoms with van der Waals surface area (Å²) in [5, 5.41) is 2.83. The summed E-state index contributed by atoms with van der Waals surface area (Å²) in [6, 6.07) is 10.3. The number of carbonyl (C=O) groups excluding carboxylic acids is 2.